The number of nitriles is 1. The minimum atomic E-state index is -1.30. The van der Waals surface area contributed by atoms with E-state index < -0.39 is 23.5 Å². The van der Waals surface area contributed by atoms with Crippen LogP contribution in [0.15, 0.2) is 22.7 Å². The monoisotopic (exact) mass is 382 g/mol. The minimum absolute atomic E-state index is 0.323. The molecule has 0 aliphatic heterocycles. The smallest absolute Gasteiger partial charge is 0.245 e. The molecule has 0 aliphatic rings. The molecule has 0 unspecified atom stereocenters. The van der Waals surface area contributed by atoms with Gasteiger partial charge in [-0.15, -0.1) is 0 Å². The number of amides is 1. The maximum absolute atomic E-state index is 13.2. The van der Waals surface area contributed by atoms with Crippen LogP contribution in [0.25, 0.3) is 0 Å². The molecule has 1 aromatic carbocycles. The summed E-state index contributed by atoms with van der Waals surface area (Å²) >= 11 is 3.10. The van der Waals surface area contributed by atoms with Gasteiger partial charge >= 0.3 is 0 Å². The van der Waals surface area contributed by atoms with Crippen LogP contribution in [-0.2, 0) is 16.0 Å². The van der Waals surface area contributed by atoms with Crippen molar-refractivity contribution in [3.05, 3.63) is 34.1 Å². The number of benzene rings is 1. The lowest BCUT2D eigenvalue weighted by molar-refractivity contribution is -0.133. The molecule has 0 bridgehead atoms. The zero-order valence-corrected chi connectivity index (χ0v) is 14.8. The van der Waals surface area contributed by atoms with E-state index in [1.807, 2.05) is 6.92 Å². The summed E-state index contributed by atoms with van der Waals surface area (Å²) in [7, 11) is 0. The van der Waals surface area contributed by atoms with Gasteiger partial charge in [0, 0.05) is 12.5 Å². The highest BCUT2D eigenvalue weighted by atomic mass is 79.9. The molecule has 0 aliphatic carbocycles. The average Bonchev–Trinajstić information content (AvgIpc) is 2.51. The van der Waals surface area contributed by atoms with Crippen LogP contribution in [0.4, 0.5) is 4.39 Å². The molecule has 1 amide bonds. The maximum atomic E-state index is 13.2. The Hall–Kier alpha value is -1.74. The van der Waals surface area contributed by atoms with Crippen LogP contribution in [0, 0.1) is 29.0 Å². The van der Waals surface area contributed by atoms with E-state index in [1.54, 1.807) is 25.1 Å². The van der Waals surface area contributed by atoms with E-state index in [1.165, 1.54) is 6.07 Å². The fourth-order valence-corrected chi connectivity index (χ4v) is 2.57. The van der Waals surface area contributed by atoms with Crippen molar-refractivity contribution in [3.63, 3.8) is 0 Å². The van der Waals surface area contributed by atoms with E-state index in [0.717, 1.165) is 18.4 Å². The first-order chi connectivity index (χ1) is 10.9. The molecule has 124 valence electrons. The van der Waals surface area contributed by atoms with Gasteiger partial charge in [-0.3, -0.25) is 9.59 Å². The molecule has 1 aromatic rings. The van der Waals surface area contributed by atoms with E-state index >= 15 is 0 Å². The van der Waals surface area contributed by atoms with E-state index in [9.17, 15) is 14.0 Å². The van der Waals surface area contributed by atoms with Crippen molar-refractivity contribution in [3.8, 4) is 6.07 Å². The van der Waals surface area contributed by atoms with Gasteiger partial charge in [-0.2, -0.15) is 5.26 Å². The number of hydrogen-bond donors (Lipinski definition) is 1. The Labute approximate surface area is 144 Å². The van der Waals surface area contributed by atoms with Crippen LogP contribution in [0.1, 0.15) is 32.3 Å². The number of Topliss-reactive ketones (excluding diaryl/α,β-unsaturated/α-hetero) is 1. The van der Waals surface area contributed by atoms with Crippen LogP contribution < -0.4 is 5.32 Å². The number of carbonyl (C=O) groups excluding carboxylic acids is 2. The van der Waals surface area contributed by atoms with Gasteiger partial charge in [-0.1, -0.05) is 26.3 Å². The van der Waals surface area contributed by atoms with E-state index in [4.69, 9.17) is 5.26 Å². The number of hydrogen-bond acceptors (Lipinski definition) is 3. The molecule has 6 heteroatoms. The highest BCUT2D eigenvalue weighted by molar-refractivity contribution is 9.10. The molecule has 0 heterocycles. The van der Waals surface area contributed by atoms with Gasteiger partial charge in [-0.25, -0.2) is 4.39 Å². The Balaban J connectivity index is 2.71. The largest absolute Gasteiger partial charge is 0.355 e. The quantitative estimate of drug-likeness (QED) is 0.553. The van der Waals surface area contributed by atoms with Crippen molar-refractivity contribution in [1.29, 1.82) is 5.26 Å². The number of carbonyl (C=O) groups is 2. The van der Waals surface area contributed by atoms with Gasteiger partial charge in [-0.05, 0) is 46.5 Å². The van der Waals surface area contributed by atoms with Crippen molar-refractivity contribution in [2.24, 2.45) is 11.8 Å². The molecule has 0 fully saturated rings. The SMILES string of the molecule is CCCCNC(=O)[C@@H](C#N)C(=O)[C@H](C)Cc1ccc(F)c(Br)c1. The summed E-state index contributed by atoms with van der Waals surface area (Å²) in [5, 5.41) is 11.7. The standard InChI is InChI=1S/C17H20BrFN2O2/c1-3-4-7-21-17(23)13(10-20)16(22)11(2)8-12-5-6-15(19)14(18)9-12/h5-6,9,11,13H,3-4,7-8H2,1-2H3,(H,21,23)/t11-,13+/m1/s1. The summed E-state index contributed by atoms with van der Waals surface area (Å²) in [6.07, 6.45) is 2.07. The molecule has 0 radical (unpaired) electrons. The number of rotatable bonds is 8. The number of halogens is 2. The van der Waals surface area contributed by atoms with E-state index in [-0.39, 0.29) is 5.82 Å². The zero-order valence-electron chi connectivity index (χ0n) is 13.2. The van der Waals surface area contributed by atoms with Crippen molar-refractivity contribution >= 4 is 27.6 Å². The molecule has 4 nitrogen and oxygen atoms in total. The molecule has 1 rings (SSSR count). The van der Waals surface area contributed by atoms with Crippen LogP contribution >= 0.6 is 15.9 Å². The number of ketones is 1. The Morgan fingerprint density at radius 2 is 2.13 bits per heavy atom. The lowest BCUT2D eigenvalue weighted by Crippen LogP contribution is -2.37. The maximum Gasteiger partial charge on any atom is 0.245 e. The van der Waals surface area contributed by atoms with Gasteiger partial charge < -0.3 is 5.32 Å². The second kappa shape index (κ2) is 9.41. The molecule has 2 atom stereocenters. The minimum Gasteiger partial charge on any atom is -0.355 e. The first-order valence-electron chi connectivity index (χ1n) is 7.55. The predicted octanol–water partition coefficient (Wildman–Crippen LogP) is 3.39. The highest BCUT2D eigenvalue weighted by Crippen LogP contribution is 2.20. The average molecular weight is 383 g/mol. The predicted molar refractivity (Wildman–Crippen MR) is 89.0 cm³/mol. The summed E-state index contributed by atoms with van der Waals surface area (Å²) < 4.78 is 13.5. The summed E-state index contributed by atoms with van der Waals surface area (Å²) in [6.45, 7) is 4.12. The molecular formula is C17H20BrFN2O2. The Morgan fingerprint density at radius 3 is 2.70 bits per heavy atom. The van der Waals surface area contributed by atoms with Crippen molar-refractivity contribution < 1.29 is 14.0 Å². The molecule has 0 saturated carbocycles. The normalized spacial score (nSPS) is 13.0. The van der Waals surface area contributed by atoms with Crippen LogP contribution in [0.2, 0.25) is 0 Å². The molecule has 1 N–H and O–H groups in total. The van der Waals surface area contributed by atoms with Gasteiger partial charge in [0.05, 0.1) is 10.5 Å². The van der Waals surface area contributed by atoms with Gasteiger partial charge in [0.15, 0.2) is 11.7 Å². The molecule has 0 saturated heterocycles. The summed E-state index contributed by atoms with van der Waals surface area (Å²) in [6, 6.07) is 6.29. The van der Waals surface area contributed by atoms with Crippen molar-refractivity contribution in [1.82, 2.24) is 5.32 Å². The van der Waals surface area contributed by atoms with Crippen LogP contribution in [-0.4, -0.2) is 18.2 Å². The summed E-state index contributed by atoms with van der Waals surface area (Å²) in [5.41, 5.74) is 0.766. The Kier molecular flexibility index (Phi) is 7.90. The first kappa shape index (κ1) is 19.3. The molecule has 0 spiro atoms. The lowest BCUT2D eigenvalue weighted by atomic mass is 9.89. The fraction of sp³-hybridized carbons (Fsp3) is 0.471. The van der Waals surface area contributed by atoms with Crippen molar-refractivity contribution in [2.75, 3.05) is 6.54 Å². The van der Waals surface area contributed by atoms with E-state index in [2.05, 4.69) is 21.2 Å². The second-order valence-corrected chi connectivity index (χ2v) is 6.32. The molecule has 0 aromatic heterocycles. The topological polar surface area (TPSA) is 70.0 Å². The highest BCUT2D eigenvalue weighted by Gasteiger charge is 2.30. The third kappa shape index (κ3) is 5.76. The summed E-state index contributed by atoms with van der Waals surface area (Å²) in [4.78, 5) is 24.3. The first-order valence-corrected chi connectivity index (χ1v) is 8.35. The van der Waals surface area contributed by atoms with Crippen molar-refractivity contribution in [2.45, 2.75) is 33.1 Å². The molecule has 23 heavy (non-hydrogen) atoms. The zero-order chi connectivity index (χ0) is 17.4. The van der Waals surface area contributed by atoms with Crippen LogP contribution in [0.5, 0.6) is 0 Å². The van der Waals surface area contributed by atoms with Gasteiger partial charge in [0.1, 0.15) is 5.82 Å². The lowest BCUT2D eigenvalue weighted by Gasteiger charge is -2.15. The van der Waals surface area contributed by atoms with Crippen LogP contribution in [0.3, 0.4) is 0 Å². The Bertz CT molecular complexity index is 613. The number of nitrogens with zero attached hydrogens (tertiary/aromatic N) is 1. The van der Waals surface area contributed by atoms with Gasteiger partial charge in [0.25, 0.3) is 0 Å². The van der Waals surface area contributed by atoms with E-state index in [0.29, 0.717) is 17.4 Å². The third-order valence-electron chi connectivity index (χ3n) is 3.52. The summed E-state index contributed by atoms with van der Waals surface area (Å²) in [5.74, 6) is -3.14. The number of unbranched alkanes of at least 4 members (excludes halogenated alkanes) is 1. The second-order valence-electron chi connectivity index (χ2n) is 5.46. The number of nitrogens with one attached hydrogen (secondary N) is 1. The Morgan fingerprint density at radius 1 is 1.43 bits per heavy atom. The third-order valence-corrected chi connectivity index (χ3v) is 4.12. The fourth-order valence-electron chi connectivity index (χ4n) is 2.15. The molecular weight excluding hydrogens is 363 g/mol. The van der Waals surface area contributed by atoms with Gasteiger partial charge in [0.2, 0.25) is 5.91 Å².